The third kappa shape index (κ3) is 5.35. The molecule has 0 unspecified atom stereocenters. The Bertz CT molecular complexity index is 1540. The number of pyridine rings is 3. The molecule has 0 N–H and O–H groups in total. The van der Waals surface area contributed by atoms with Crippen molar-refractivity contribution in [3.05, 3.63) is 109 Å². The van der Waals surface area contributed by atoms with E-state index < -0.39 is 0 Å². The van der Waals surface area contributed by atoms with E-state index in [-0.39, 0.29) is 20.1 Å². The van der Waals surface area contributed by atoms with Gasteiger partial charge >= 0.3 is 0 Å². The maximum Gasteiger partial charge on any atom is 0.160 e. The molecule has 5 nitrogen and oxygen atoms in total. The minimum absolute atomic E-state index is 0. The van der Waals surface area contributed by atoms with Crippen molar-refractivity contribution in [3.8, 4) is 22.5 Å². The molecule has 0 aliphatic carbocycles. The Labute approximate surface area is 217 Å². The summed E-state index contributed by atoms with van der Waals surface area (Å²) in [4.78, 5) is 12.5. The molecule has 0 atom stereocenters. The van der Waals surface area contributed by atoms with Crippen LogP contribution in [0.1, 0.15) is 25.3 Å². The van der Waals surface area contributed by atoms with Gasteiger partial charge in [0.2, 0.25) is 0 Å². The Hall–Kier alpha value is -3.73. The number of fused-ring (bicyclic) bond motifs is 2. The zero-order valence-corrected chi connectivity index (χ0v) is 21.7. The quantitative estimate of drug-likeness (QED) is 0.198. The molecule has 0 bridgehead atoms. The molecule has 175 valence electrons. The summed E-state index contributed by atoms with van der Waals surface area (Å²) >= 11 is 0. The van der Waals surface area contributed by atoms with Gasteiger partial charge < -0.3 is 14.5 Å². The SMILES string of the molecule is CC(C)c1cc[c-]c(-c2nccc3ccccc23)c1.[Ir].[c-]1ncccc1-c1noc2ccncc12. The Balaban J connectivity index is 0.000000164. The fourth-order valence-corrected chi connectivity index (χ4v) is 3.75. The third-order valence-corrected chi connectivity index (χ3v) is 5.56. The Kier molecular flexibility index (Phi) is 7.76. The van der Waals surface area contributed by atoms with Gasteiger partial charge in [0.05, 0.1) is 0 Å². The summed E-state index contributed by atoms with van der Waals surface area (Å²) in [6.07, 6.45) is 9.80. The Morgan fingerprint density at radius 2 is 1.71 bits per heavy atom. The Morgan fingerprint density at radius 3 is 2.54 bits per heavy atom. The van der Waals surface area contributed by atoms with Gasteiger partial charge in [-0.15, -0.1) is 58.2 Å². The van der Waals surface area contributed by atoms with Crippen LogP contribution in [0.5, 0.6) is 0 Å². The maximum absolute atomic E-state index is 5.17. The summed E-state index contributed by atoms with van der Waals surface area (Å²) in [5, 5.41) is 7.26. The molecule has 0 saturated carbocycles. The molecule has 0 aliphatic rings. The molecular weight excluding hydrogens is 613 g/mol. The number of rotatable bonds is 3. The van der Waals surface area contributed by atoms with Crippen LogP contribution in [0, 0.1) is 12.3 Å². The van der Waals surface area contributed by atoms with E-state index in [4.69, 9.17) is 4.52 Å². The fourth-order valence-electron chi connectivity index (χ4n) is 3.75. The minimum atomic E-state index is 0. The van der Waals surface area contributed by atoms with Gasteiger partial charge in [0.1, 0.15) is 0 Å². The predicted molar refractivity (Wildman–Crippen MR) is 134 cm³/mol. The summed E-state index contributed by atoms with van der Waals surface area (Å²) < 4.78 is 5.17. The maximum atomic E-state index is 5.17. The summed E-state index contributed by atoms with van der Waals surface area (Å²) in [7, 11) is 0. The molecule has 0 saturated heterocycles. The van der Waals surface area contributed by atoms with Gasteiger partial charge in [-0.3, -0.25) is 4.98 Å². The van der Waals surface area contributed by atoms with Gasteiger partial charge in [0.15, 0.2) is 5.58 Å². The normalized spacial score (nSPS) is 10.6. The average molecular weight is 635 g/mol. The van der Waals surface area contributed by atoms with Crippen LogP contribution >= 0.6 is 0 Å². The smallest absolute Gasteiger partial charge is 0.160 e. The number of nitrogens with zero attached hydrogens (tertiary/aromatic N) is 4. The molecule has 6 rings (SSSR count). The van der Waals surface area contributed by atoms with Crippen molar-refractivity contribution in [2.24, 2.45) is 0 Å². The van der Waals surface area contributed by atoms with Crippen molar-refractivity contribution in [3.63, 3.8) is 0 Å². The van der Waals surface area contributed by atoms with E-state index in [9.17, 15) is 0 Å². The van der Waals surface area contributed by atoms with Crippen LogP contribution in [0.4, 0.5) is 0 Å². The molecule has 6 heteroatoms. The van der Waals surface area contributed by atoms with E-state index in [1.165, 1.54) is 16.3 Å². The Morgan fingerprint density at radius 1 is 0.829 bits per heavy atom. The number of aromatic nitrogens is 4. The van der Waals surface area contributed by atoms with Gasteiger partial charge in [-0.2, -0.15) is 0 Å². The van der Waals surface area contributed by atoms with Gasteiger partial charge in [-0.25, -0.2) is 0 Å². The topological polar surface area (TPSA) is 64.7 Å². The second-order valence-corrected chi connectivity index (χ2v) is 8.14. The number of benzene rings is 2. The van der Waals surface area contributed by atoms with E-state index in [0.717, 1.165) is 33.5 Å². The van der Waals surface area contributed by atoms with E-state index in [0.29, 0.717) is 5.92 Å². The first-order valence-corrected chi connectivity index (χ1v) is 11.1. The van der Waals surface area contributed by atoms with E-state index in [1.54, 1.807) is 24.7 Å². The van der Waals surface area contributed by atoms with Crippen LogP contribution in [-0.4, -0.2) is 20.1 Å². The van der Waals surface area contributed by atoms with Crippen molar-refractivity contribution in [2.45, 2.75) is 19.8 Å². The van der Waals surface area contributed by atoms with Crippen LogP contribution in [0.3, 0.4) is 0 Å². The van der Waals surface area contributed by atoms with Crippen LogP contribution in [0.25, 0.3) is 44.3 Å². The second-order valence-electron chi connectivity index (χ2n) is 8.14. The first-order valence-electron chi connectivity index (χ1n) is 11.1. The second kappa shape index (κ2) is 11.1. The van der Waals surface area contributed by atoms with Gasteiger partial charge in [0.25, 0.3) is 0 Å². The van der Waals surface area contributed by atoms with Crippen LogP contribution < -0.4 is 0 Å². The molecule has 0 amide bonds. The zero-order valence-electron chi connectivity index (χ0n) is 19.3. The zero-order chi connectivity index (χ0) is 23.3. The van der Waals surface area contributed by atoms with Crippen LogP contribution in [0.2, 0.25) is 0 Å². The first kappa shape index (κ1) is 24.4. The first-order chi connectivity index (χ1) is 16.7. The minimum Gasteiger partial charge on any atom is -0.366 e. The summed E-state index contributed by atoms with van der Waals surface area (Å²) in [6.45, 7) is 4.41. The van der Waals surface area contributed by atoms with Crippen LogP contribution in [-0.2, 0) is 20.1 Å². The average Bonchev–Trinajstić information content (AvgIpc) is 3.34. The monoisotopic (exact) mass is 635 g/mol. The van der Waals surface area contributed by atoms with E-state index >= 15 is 0 Å². The third-order valence-electron chi connectivity index (χ3n) is 5.56. The molecule has 4 heterocycles. The molecular formula is C29H22IrN4O-2. The number of hydrogen-bond acceptors (Lipinski definition) is 5. The predicted octanol–water partition coefficient (Wildman–Crippen LogP) is 6.91. The largest absolute Gasteiger partial charge is 0.366 e. The molecule has 0 fully saturated rings. The van der Waals surface area contributed by atoms with Crippen molar-refractivity contribution >= 4 is 21.7 Å². The molecule has 0 spiro atoms. The van der Waals surface area contributed by atoms with E-state index in [1.807, 2.05) is 30.5 Å². The van der Waals surface area contributed by atoms with Crippen molar-refractivity contribution < 1.29 is 24.6 Å². The van der Waals surface area contributed by atoms with Crippen molar-refractivity contribution in [1.82, 2.24) is 20.1 Å². The van der Waals surface area contributed by atoms with Crippen molar-refractivity contribution in [1.29, 1.82) is 0 Å². The van der Waals surface area contributed by atoms with Gasteiger partial charge in [-0.05, 0) is 34.6 Å². The fraction of sp³-hybridized carbons (Fsp3) is 0.103. The molecule has 2 aromatic carbocycles. The summed E-state index contributed by atoms with van der Waals surface area (Å²) in [5.74, 6) is 0.517. The van der Waals surface area contributed by atoms with Crippen LogP contribution in [0.15, 0.2) is 96.0 Å². The number of hydrogen-bond donors (Lipinski definition) is 0. The molecule has 35 heavy (non-hydrogen) atoms. The van der Waals surface area contributed by atoms with Crippen molar-refractivity contribution in [2.75, 3.05) is 0 Å². The van der Waals surface area contributed by atoms with Gasteiger partial charge in [0, 0.05) is 55.8 Å². The van der Waals surface area contributed by atoms with E-state index in [2.05, 4.69) is 82.6 Å². The summed E-state index contributed by atoms with van der Waals surface area (Å²) in [6, 6.07) is 25.5. The molecule has 1 radical (unpaired) electrons. The standard InChI is InChI=1S/C18H16N.C11H6N3O.Ir/c1-13(2)15-7-5-8-16(12-15)18-17-9-4-3-6-14(17)10-11-19-18;1-2-8(6-12-4-1)11-9-7-13-5-3-10(9)15-14-11;/h3-7,9-13H,1-2H3;1-5,7H;/q2*-1;. The summed E-state index contributed by atoms with van der Waals surface area (Å²) in [5.41, 5.74) is 5.67. The molecule has 0 aliphatic heterocycles. The molecule has 6 aromatic rings. The van der Waals surface area contributed by atoms with Gasteiger partial charge in [-0.1, -0.05) is 44.3 Å². The molecule has 4 aromatic heterocycles.